The van der Waals surface area contributed by atoms with Crippen LogP contribution in [0.3, 0.4) is 0 Å². The van der Waals surface area contributed by atoms with Crippen LogP contribution in [0, 0.1) is 0 Å². The maximum absolute atomic E-state index is 12.9. The van der Waals surface area contributed by atoms with E-state index >= 15 is 0 Å². The third-order valence-electron chi connectivity index (χ3n) is 5.84. The number of anilines is 1. The molecule has 4 aromatic rings. The van der Waals surface area contributed by atoms with Crippen molar-refractivity contribution in [2.75, 3.05) is 18.5 Å². The van der Waals surface area contributed by atoms with Gasteiger partial charge in [0.1, 0.15) is 17.9 Å². The fraction of sp³-hybridized carbons (Fsp3) is 0.304. The number of ether oxygens (including phenoxy) is 1. The average Bonchev–Trinajstić information content (AvgIpc) is 3.47. The zero-order valence-electron chi connectivity index (χ0n) is 18.4. The van der Waals surface area contributed by atoms with Gasteiger partial charge in [0.2, 0.25) is 5.88 Å². The molecule has 4 heterocycles. The monoisotopic (exact) mass is 447 g/mol. The van der Waals surface area contributed by atoms with Crippen molar-refractivity contribution in [3.8, 4) is 11.6 Å². The smallest absolute Gasteiger partial charge is 0.331 e. The molecule has 0 radical (unpaired) electrons. The number of amides is 1. The Bertz CT molecular complexity index is 1320. The Morgan fingerprint density at radius 3 is 3.00 bits per heavy atom. The Kier molecular flexibility index (Phi) is 5.31. The molecule has 10 nitrogen and oxygen atoms in total. The van der Waals surface area contributed by atoms with E-state index in [2.05, 4.69) is 30.8 Å². The molecule has 5 rings (SSSR count). The molecule has 0 unspecified atom stereocenters. The number of carbonyl (C=O) groups excluding carboxylic acids is 1. The molecular weight excluding hydrogens is 422 g/mol. The number of benzene rings is 1. The van der Waals surface area contributed by atoms with Gasteiger partial charge in [-0.15, -0.1) is 0 Å². The molecule has 1 aromatic carbocycles. The lowest BCUT2D eigenvalue weighted by Gasteiger charge is -2.18. The Balaban J connectivity index is 1.35. The number of rotatable bonds is 5. The van der Waals surface area contributed by atoms with Crippen LogP contribution in [0.4, 0.5) is 10.6 Å². The first-order chi connectivity index (χ1) is 15.9. The quantitative estimate of drug-likeness (QED) is 0.370. The normalized spacial score (nSPS) is 13.7. The van der Waals surface area contributed by atoms with Gasteiger partial charge in [0.25, 0.3) is 0 Å². The van der Waals surface area contributed by atoms with Crippen LogP contribution in [0.15, 0.2) is 42.9 Å². The van der Waals surface area contributed by atoms with E-state index in [-0.39, 0.29) is 12.6 Å². The van der Waals surface area contributed by atoms with Crippen LogP contribution in [0.2, 0.25) is 0 Å². The summed E-state index contributed by atoms with van der Waals surface area (Å²) < 4.78 is 7.60. The van der Waals surface area contributed by atoms with Crippen LogP contribution in [0.25, 0.3) is 10.9 Å². The first kappa shape index (κ1) is 21.1. The van der Waals surface area contributed by atoms with Crippen molar-refractivity contribution in [3.05, 3.63) is 59.8 Å². The predicted molar refractivity (Wildman–Crippen MR) is 123 cm³/mol. The van der Waals surface area contributed by atoms with Gasteiger partial charge in [0, 0.05) is 35.2 Å². The van der Waals surface area contributed by atoms with Gasteiger partial charge in [0.05, 0.1) is 23.5 Å². The molecule has 0 spiro atoms. The minimum atomic E-state index is -0.505. The number of H-pyrrole nitrogens is 1. The third kappa shape index (κ3) is 4.06. The van der Waals surface area contributed by atoms with Gasteiger partial charge in [-0.25, -0.2) is 14.8 Å². The molecule has 10 heteroatoms. The molecule has 0 fully saturated rings. The number of nitrogens with zero attached hydrogens (tertiary/aromatic N) is 4. The predicted octanol–water partition coefficient (Wildman–Crippen LogP) is 2.94. The molecule has 0 saturated heterocycles. The minimum Gasteiger partial charge on any atom is -0.439 e. The summed E-state index contributed by atoms with van der Waals surface area (Å²) in [5.74, 6) is 1.67. The molecule has 3 aromatic heterocycles. The minimum absolute atomic E-state index is 0.0490. The maximum Gasteiger partial charge on any atom is 0.331 e. The molecule has 170 valence electrons. The number of hydrogen-bond acceptors (Lipinski definition) is 7. The highest BCUT2D eigenvalue weighted by molar-refractivity contribution is 5.98. The SMILES string of the molecule is CC(C)(CO)c1cc(NC(=O)n2ccc3cc(Oc4ncnc5c4CCNC5)ccc32)[nH]n1. The molecular formula is C23H25N7O3. The summed E-state index contributed by atoms with van der Waals surface area (Å²) in [6, 6.07) is 8.80. The first-order valence-corrected chi connectivity index (χ1v) is 10.7. The van der Waals surface area contributed by atoms with E-state index in [0.717, 1.165) is 35.1 Å². The number of aromatic nitrogens is 5. The van der Waals surface area contributed by atoms with E-state index in [4.69, 9.17) is 4.74 Å². The first-order valence-electron chi connectivity index (χ1n) is 10.7. The molecule has 0 aliphatic carbocycles. The van der Waals surface area contributed by atoms with E-state index < -0.39 is 5.41 Å². The van der Waals surface area contributed by atoms with E-state index in [1.54, 1.807) is 12.3 Å². The standard InChI is InChI=1S/C23H25N7O3/c1-23(2,12-31)19-10-20(29-28-19)27-22(32)30-8-6-14-9-15(3-4-18(14)30)33-21-16-5-7-24-11-17(16)25-13-26-21/h3-4,6,8-10,13,24,31H,5,7,11-12H2,1-2H3,(H2,27,28,29,32). The maximum atomic E-state index is 12.9. The summed E-state index contributed by atoms with van der Waals surface area (Å²) in [5, 5.41) is 23.5. The lowest BCUT2D eigenvalue weighted by molar-refractivity contribution is 0.215. The molecule has 0 bridgehead atoms. The van der Waals surface area contributed by atoms with Crippen molar-refractivity contribution < 1.29 is 14.6 Å². The summed E-state index contributed by atoms with van der Waals surface area (Å²) in [6.45, 7) is 5.28. The highest BCUT2D eigenvalue weighted by Crippen LogP contribution is 2.29. The summed E-state index contributed by atoms with van der Waals surface area (Å²) in [4.78, 5) is 21.5. The van der Waals surface area contributed by atoms with Crippen LogP contribution in [-0.4, -0.2) is 49.0 Å². The fourth-order valence-electron chi connectivity index (χ4n) is 3.80. The van der Waals surface area contributed by atoms with E-state index in [1.807, 2.05) is 38.1 Å². The van der Waals surface area contributed by atoms with Crippen molar-refractivity contribution in [1.29, 1.82) is 0 Å². The number of nitrogens with one attached hydrogen (secondary N) is 3. The van der Waals surface area contributed by atoms with Gasteiger partial charge < -0.3 is 15.2 Å². The summed E-state index contributed by atoms with van der Waals surface area (Å²) in [5.41, 5.74) is 2.89. The Hall–Kier alpha value is -3.76. The van der Waals surface area contributed by atoms with Gasteiger partial charge in [-0.2, -0.15) is 5.10 Å². The second-order valence-electron chi connectivity index (χ2n) is 8.68. The van der Waals surface area contributed by atoms with E-state index in [1.165, 1.54) is 10.9 Å². The molecule has 0 saturated carbocycles. The van der Waals surface area contributed by atoms with Crippen molar-refractivity contribution in [2.45, 2.75) is 32.2 Å². The lowest BCUT2D eigenvalue weighted by Crippen LogP contribution is -2.25. The number of aliphatic hydroxyl groups excluding tert-OH is 1. The second kappa shape index (κ2) is 8.30. The number of aliphatic hydroxyl groups is 1. The third-order valence-corrected chi connectivity index (χ3v) is 5.84. The number of aromatic amines is 1. The van der Waals surface area contributed by atoms with Crippen LogP contribution in [0.1, 0.15) is 30.8 Å². The highest BCUT2D eigenvalue weighted by Gasteiger charge is 2.23. The summed E-state index contributed by atoms with van der Waals surface area (Å²) >= 11 is 0. The Labute approximate surface area is 190 Å². The molecule has 0 atom stereocenters. The van der Waals surface area contributed by atoms with Crippen molar-refractivity contribution >= 4 is 22.8 Å². The zero-order chi connectivity index (χ0) is 23.0. The molecule has 1 aliphatic heterocycles. The Morgan fingerprint density at radius 1 is 1.27 bits per heavy atom. The zero-order valence-corrected chi connectivity index (χ0v) is 18.4. The second-order valence-corrected chi connectivity index (χ2v) is 8.68. The molecule has 33 heavy (non-hydrogen) atoms. The van der Waals surface area contributed by atoms with Gasteiger partial charge in [-0.05, 0) is 37.2 Å². The van der Waals surface area contributed by atoms with Crippen molar-refractivity contribution in [2.24, 2.45) is 0 Å². The van der Waals surface area contributed by atoms with Gasteiger partial charge >= 0.3 is 6.03 Å². The summed E-state index contributed by atoms with van der Waals surface area (Å²) in [7, 11) is 0. The number of carbonyl (C=O) groups is 1. The lowest BCUT2D eigenvalue weighted by atomic mass is 9.91. The largest absolute Gasteiger partial charge is 0.439 e. The van der Waals surface area contributed by atoms with Gasteiger partial charge in [-0.1, -0.05) is 13.8 Å². The van der Waals surface area contributed by atoms with Crippen LogP contribution >= 0.6 is 0 Å². The van der Waals surface area contributed by atoms with Crippen molar-refractivity contribution in [3.63, 3.8) is 0 Å². The van der Waals surface area contributed by atoms with Gasteiger partial charge in [0.15, 0.2) is 0 Å². The van der Waals surface area contributed by atoms with Crippen LogP contribution < -0.4 is 15.4 Å². The molecule has 4 N–H and O–H groups in total. The number of fused-ring (bicyclic) bond motifs is 2. The Morgan fingerprint density at radius 2 is 2.15 bits per heavy atom. The average molecular weight is 447 g/mol. The highest BCUT2D eigenvalue weighted by atomic mass is 16.5. The topological polar surface area (TPSA) is 130 Å². The molecule has 1 amide bonds. The number of hydrogen-bond donors (Lipinski definition) is 4. The fourth-order valence-corrected chi connectivity index (χ4v) is 3.80. The van der Waals surface area contributed by atoms with Crippen molar-refractivity contribution in [1.82, 2.24) is 30.0 Å². The van der Waals surface area contributed by atoms with E-state index in [0.29, 0.717) is 29.7 Å². The van der Waals surface area contributed by atoms with Gasteiger partial charge in [-0.3, -0.25) is 15.0 Å². The van der Waals surface area contributed by atoms with Crippen LogP contribution in [0.5, 0.6) is 11.6 Å². The van der Waals surface area contributed by atoms with E-state index in [9.17, 15) is 9.90 Å². The van der Waals surface area contributed by atoms with Crippen LogP contribution in [-0.2, 0) is 18.4 Å². The molecule has 1 aliphatic rings. The summed E-state index contributed by atoms with van der Waals surface area (Å²) in [6.07, 6.45) is 4.04.